The monoisotopic (exact) mass is 317 g/mol. The zero-order valence-corrected chi connectivity index (χ0v) is 13.5. The molecule has 1 rings (SSSR count). The number of hydrogen-bond donors (Lipinski definition) is 1. The lowest BCUT2D eigenvalue weighted by Gasteiger charge is -2.22. The maximum atomic E-state index is 12.2. The van der Waals surface area contributed by atoms with Crippen LogP contribution >= 0.6 is 11.3 Å². The van der Waals surface area contributed by atoms with E-state index >= 15 is 0 Å². The second-order valence-corrected chi connectivity index (χ2v) is 7.28. The Bertz CT molecular complexity index is 602. The summed E-state index contributed by atoms with van der Waals surface area (Å²) in [7, 11) is -1.89. The Balaban J connectivity index is 3.42. The number of likely N-dealkylation sites (N-methyl/N-ethyl adjacent to an activating group) is 1. The molecule has 0 aromatic carbocycles. The number of anilines is 2. The van der Waals surface area contributed by atoms with Gasteiger partial charge in [-0.1, -0.05) is 6.92 Å². The van der Waals surface area contributed by atoms with E-state index < -0.39 is 9.84 Å². The van der Waals surface area contributed by atoms with Crippen molar-refractivity contribution in [3.05, 3.63) is 4.88 Å². The number of hydrogen-bond acceptors (Lipinski definition) is 7. The number of nitriles is 1. The maximum Gasteiger partial charge on any atom is 0.183 e. The Labute approximate surface area is 123 Å². The number of sulfone groups is 1. The number of nitrogen functional groups attached to an aromatic ring is 1. The number of methoxy groups -OCH3 is 1. The molecule has 0 saturated heterocycles. The van der Waals surface area contributed by atoms with Gasteiger partial charge < -0.3 is 15.4 Å². The first kappa shape index (κ1) is 16.8. The SMILES string of the molecule is CCN(CCOC)c1sc(C#N)c(N)c1S(=O)(=O)CC. The Kier molecular flexibility index (Phi) is 5.80. The Morgan fingerprint density at radius 2 is 2.10 bits per heavy atom. The zero-order chi connectivity index (χ0) is 15.3. The highest BCUT2D eigenvalue weighted by atomic mass is 32.2. The van der Waals surface area contributed by atoms with Gasteiger partial charge in [-0.2, -0.15) is 5.26 Å². The molecule has 1 aromatic heterocycles. The Morgan fingerprint density at radius 1 is 1.45 bits per heavy atom. The van der Waals surface area contributed by atoms with Crippen LogP contribution in [0.4, 0.5) is 10.7 Å². The number of nitrogens with two attached hydrogens (primary N) is 1. The largest absolute Gasteiger partial charge is 0.396 e. The van der Waals surface area contributed by atoms with E-state index in [0.29, 0.717) is 24.7 Å². The molecular formula is C12H19N3O3S2. The molecule has 0 aliphatic carbocycles. The summed E-state index contributed by atoms with van der Waals surface area (Å²) in [5, 5.41) is 9.60. The minimum atomic E-state index is -3.48. The summed E-state index contributed by atoms with van der Waals surface area (Å²) >= 11 is 1.12. The van der Waals surface area contributed by atoms with Gasteiger partial charge in [0.05, 0.1) is 18.0 Å². The van der Waals surface area contributed by atoms with Gasteiger partial charge in [-0.05, 0) is 6.92 Å². The fourth-order valence-corrected chi connectivity index (χ4v) is 4.45. The maximum absolute atomic E-state index is 12.2. The van der Waals surface area contributed by atoms with Gasteiger partial charge in [0, 0.05) is 20.2 Å². The van der Waals surface area contributed by atoms with Gasteiger partial charge in [0.15, 0.2) is 9.84 Å². The van der Waals surface area contributed by atoms with Crippen LogP contribution in [0.5, 0.6) is 0 Å². The van der Waals surface area contributed by atoms with Crippen molar-refractivity contribution in [2.24, 2.45) is 0 Å². The van der Waals surface area contributed by atoms with Gasteiger partial charge in [0.2, 0.25) is 0 Å². The Morgan fingerprint density at radius 3 is 2.55 bits per heavy atom. The summed E-state index contributed by atoms with van der Waals surface area (Å²) in [5.74, 6) is -0.0480. The molecule has 1 heterocycles. The fourth-order valence-electron chi connectivity index (χ4n) is 1.76. The lowest BCUT2D eigenvalue weighted by atomic mass is 10.4. The van der Waals surface area contributed by atoms with E-state index in [1.165, 1.54) is 0 Å². The van der Waals surface area contributed by atoms with Crippen LogP contribution in [0.15, 0.2) is 4.90 Å². The van der Waals surface area contributed by atoms with Crippen LogP contribution in [0.1, 0.15) is 18.7 Å². The van der Waals surface area contributed by atoms with Gasteiger partial charge in [-0.15, -0.1) is 11.3 Å². The van der Waals surface area contributed by atoms with Crippen LogP contribution < -0.4 is 10.6 Å². The normalized spacial score (nSPS) is 11.3. The molecule has 0 bridgehead atoms. The third kappa shape index (κ3) is 3.23. The van der Waals surface area contributed by atoms with E-state index in [-0.39, 0.29) is 21.2 Å². The fraction of sp³-hybridized carbons (Fsp3) is 0.583. The van der Waals surface area contributed by atoms with Crippen molar-refractivity contribution in [3.8, 4) is 6.07 Å². The summed E-state index contributed by atoms with van der Waals surface area (Å²) in [6, 6.07) is 1.96. The highest BCUT2D eigenvalue weighted by molar-refractivity contribution is 7.91. The van der Waals surface area contributed by atoms with Crippen LogP contribution in [0.25, 0.3) is 0 Å². The molecule has 1 aromatic rings. The molecule has 0 amide bonds. The quantitative estimate of drug-likeness (QED) is 0.818. The van der Waals surface area contributed by atoms with Crippen LogP contribution in [-0.4, -0.2) is 41.0 Å². The number of ether oxygens (including phenoxy) is 1. The second kappa shape index (κ2) is 6.92. The molecular weight excluding hydrogens is 298 g/mol. The van der Waals surface area contributed by atoms with E-state index in [4.69, 9.17) is 15.7 Å². The predicted octanol–water partition coefficient (Wildman–Crippen LogP) is 1.47. The second-order valence-electron chi connectivity index (χ2n) is 4.07. The Hall–Kier alpha value is -1.30. The minimum Gasteiger partial charge on any atom is -0.396 e. The van der Waals surface area contributed by atoms with Crippen molar-refractivity contribution >= 4 is 31.9 Å². The van der Waals surface area contributed by atoms with E-state index in [1.807, 2.05) is 17.9 Å². The topological polar surface area (TPSA) is 96.4 Å². The third-order valence-electron chi connectivity index (χ3n) is 2.91. The molecule has 20 heavy (non-hydrogen) atoms. The van der Waals surface area contributed by atoms with Crippen LogP contribution in [-0.2, 0) is 14.6 Å². The molecule has 0 unspecified atom stereocenters. The average Bonchev–Trinajstić information content (AvgIpc) is 2.77. The molecule has 6 nitrogen and oxygen atoms in total. The van der Waals surface area contributed by atoms with Gasteiger partial charge in [-0.25, -0.2) is 8.42 Å². The van der Waals surface area contributed by atoms with Crippen molar-refractivity contribution in [2.75, 3.05) is 43.2 Å². The van der Waals surface area contributed by atoms with Crippen LogP contribution in [0, 0.1) is 11.3 Å². The van der Waals surface area contributed by atoms with Crippen molar-refractivity contribution in [3.63, 3.8) is 0 Å². The molecule has 0 fully saturated rings. The van der Waals surface area contributed by atoms with Gasteiger partial charge >= 0.3 is 0 Å². The minimum absolute atomic E-state index is 0.0480. The first-order valence-electron chi connectivity index (χ1n) is 6.21. The first-order valence-corrected chi connectivity index (χ1v) is 8.68. The number of thiophene rings is 1. The van der Waals surface area contributed by atoms with Gasteiger partial charge in [0.1, 0.15) is 20.8 Å². The predicted molar refractivity (Wildman–Crippen MR) is 80.9 cm³/mol. The number of rotatable bonds is 7. The van der Waals surface area contributed by atoms with E-state index in [9.17, 15) is 8.42 Å². The van der Waals surface area contributed by atoms with Crippen molar-refractivity contribution in [1.29, 1.82) is 5.26 Å². The summed E-state index contributed by atoms with van der Waals surface area (Å²) in [5.41, 5.74) is 5.91. The zero-order valence-electron chi connectivity index (χ0n) is 11.8. The van der Waals surface area contributed by atoms with Crippen molar-refractivity contribution < 1.29 is 13.2 Å². The molecule has 2 N–H and O–H groups in total. The lowest BCUT2D eigenvalue weighted by Crippen LogP contribution is -2.27. The summed E-state index contributed by atoms with van der Waals surface area (Å²) < 4.78 is 29.5. The molecule has 0 radical (unpaired) electrons. The summed E-state index contributed by atoms with van der Waals surface area (Å²) in [6.07, 6.45) is 0. The average molecular weight is 317 g/mol. The van der Waals surface area contributed by atoms with Crippen LogP contribution in [0.2, 0.25) is 0 Å². The third-order valence-corrected chi connectivity index (χ3v) is 6.00. The number of nitrogens with zero attached hydrogens (tertiary/aromatic N) is 2. The van der Waals surface area contributed by atoms with Crippen molar-refractivity contribution in [1.82, 2.24) is 0 Å². The first-order chi connectivity index (χ1) is 9.42. The lowest BCUT2D eigenvalue weighted by molar-refractivity contribution is 0.205. The highest BCUT2D eigenvalue weighted by Crippen LogP contribution is 2.41. The molecule has 0 aliphatic heterocycles. The van der Waals surface area contributed by atoms with Crippen LogP contribution in [0.3, 0.4) is 0 Å². The highest BCUT2D eigenvalue weighted by Gasteiger charge is 2.28. The van der Waals surface area contributed by atoms with E-state index in [0.717, 1.165) is 11.3 Å². The van der Waals surface area contributed by atoms with E-state index in [2.05, 4.69) is 0 Å². The standard InChI is InChI=1S/C12H19N3O3S2/c1-4-15(6-7-18-3)12-11(20(16,17)5-2)10(14)9(8-13)19-12/h4-7,14H2,1-3H3. The smallest absolute Gasteiger partial charge is 0.183 e. The molecule has 0 atom stereocenters. The van der Waals surface area contributed by atoms with E-state index in [1.54, 1.807) is 14.0 Å². The molecule has 0 saturated carbocycles. The van der Waals surface area contributed by atoms with Gasteiger partial charge in [-0.3, -0.25) is 0 Å². The summed E-state index contributed by atoms with van der Waals surface area (Å²) in [6.45, 7) is 5.11. The van der Waals surface area contributed by atoms with Crippen molar-refractivity contribution in [2.45, 2.75) is 18.7 Å². The molecule has 0 spiro atoms. The molecule has 0 aliphatic rings. The molecule has 8 heteroatoms. The molecule has 112 valence electrons. The summed E-state index contributed by atoms with van der Waals surface area (Å²) in [4.78, 5) is 2.19. The van der Waals surface area contributed by atoms with Gasteiger partial charge in [0.25, 0.3) is 0 Å².